The molecule has 0 radical (unpaired) electrons. The van der Waals surface area contributed by atoms with Crippen LogP contribution in [0.2, 0.25) is 0 Å². The van der Waals surface area contributed by atoms with E-state index in [0.717, 1.165) is 47.4 Å². The molecule has 29 heavy (non-hydrogen) atoms. The van der Waals surface area contributed by atoms with E-state index in [9.17, 15) is 14.4 Å². The first kappa shape index (κ1) is 21.0. The minimum Gasteiger partial charge on any atom is -0.481 e. The first-order valence-electron chi connectivity index (χ1n) is 9.88. The van der Waals surface area contributed by atoms with Gasteiger partial charge < -0.3 is 15.7 Å². The molecule has 6 nitrogen and oxygen atoms in total. The van der Waals surface area contributed by atoms with Crippen LogP contribution in [0.3, 0.4) is 0 Å². The zero-order chi connectivity index (χ0) is 21.0. The molecule has 1 heterocycles. The number of anilines is 2. The first-order chi connectivity index (χ1) is 13.8. The molecule has 2 aromatic rings. The van der Waals surface area contributed by atoms with Crippen LogP contribution in [0.25, 0.3) is 0 Å². The van der Waals surface area contributed by atoms with Crippen molar-refractivity contribution in [2.24, 2.45) is 5.92 Å². The smallest absolute Gasteiger partial charge is 0.303 e. The molecule has 1 aliphatic rings. The number of thiophene rings is 1. The molecule has 0 aliphatic heterocycles. The predicted molar refractivity (Wildman–Crippen MR) is 115 cm³/mol. The monoisotopic (exact) mass is 414 g/mol. The minimum atomic E-state index is -0.921. The number of nitrogens with one attached hydrogen (secondary N) is 2. The van der Waals surface area contributed by atoms with Crippen LogP contribution in [0.5, 0.6) is 0 Å². The molecule has 1 aliphatic carbocycles. The van der Waals surface area contributed by atoms with E-state index in [1.807, 2.05) is 31.2 Å². The average Bonchev–Trinajstić information content (AvgIpc) is 3.00. The number of hydrogen-bond acceptors (Lipinski definition) is 4. The van der Waals surface area contributed by atoms with Crippen LogP contribution < -0.4 is 10.6 Å². The summed E-state index contributed by atoms with van der Waals surface area (Å²) in [7, 11) is 0. The summed E-state index contributed by atoms with van der Waals surface area (Å²) >= 11 is 1.47. The van der Waals surface area contributed by atoms with Crippen molar-refractivity contribution in [1.82, 2.24) is 0 Å². The van der Waals surface area contributed by atoms with Gasteiger partial charge in [0, 0.05) is 23.4 Å². The van der Waals surface area contributed by atoms with Crippen molar-refractivity contribution in [3.63, 3.8) is 0 Å². The van der Waals surface area contributed by atoms with Crippen LogP contribution in [0.4, 0.5) is 10.7 Å². The van der Waals surface area contributed by atoms with E-state index in [2.05, 4.69) is 10.6 Å². The molecule has 1 aromatic carbocycles. The molecule has 3 N–H and O–H groups in total. The lowest BCUT2D eigenvalue weighted by Crippen LogP contribution is -2.20. The van der Waals surface area contributed by atoms with Gasteiger partial charge in [0.1, 0.15) is 5.00 Å². The number of aliphatic carboxylic acids is 1. The molecule has 154 valence electrons. The molecule has 0 bridgehead atoms. The van der Waals surface area contributed by atoms with Crippen LogP contribution in [0.15, 0.2) is 24.3 Å². The number of benzene rings is 1. The molecule has 0 unspecified atom stereocenters. The van der Waals surface area contributed by atoms with Crippen molar-refractivity contribution >= 4 is 39.8 Å². The van der Waals surface area contributed by atoms with Gasteiger partial charge in [-0.3, -0.25) is 14.4 Å². The van der Waals surface area contributed by atoms with Crippen molar-refractivity contribution in [3.05, 3.63) is 45.8 Å². The van der Waals surface area contributed by atoms with Gasteiger partial charge in [-0.15, -0.1) is 11.3 Å². The molecule has 0 fully saturated rings. The Kier molecular flexibility index (Phi) is 6.69. The first-order valence-corrected chi connectivity index (χ1v) is 10.7. The number of carboxylic acid groups (broad SMARTS) is 1. The number of carbonyl (C=O) groups excluding carboxylic acids is 2. The highest BCUT2D eigenvalue weighted by Gasteiger charge is 2.27. The summed E-state index contributed by atoms with van der Waals surface area (Å²) < 4.78 is 0. The lowest BCUT2D eigenvalue weighted by Gasteiger charge is -2.14. The van der Waals surface area contributed by atoms with Gasteiger partial charge >= 0.3 is 5.97 Å². The van der Waals surface area contributed by atoms with E-state index in [0.29, 0.717) is 10.6 Å². The van der Waals surface area contributed by atoms with E-state index in [4.69, 9.17) is 5.11 Å². The number of aryl methyl sites for hydroxylation is 2. The number of carbonyl (C=O) groups is 3. The van der Waals surface area contributed by atoms with Gasteiger partial charge in [-0.25, -0.2) is 0 Å². The Balaban J connectivity index is 1.83. The van der Waals surface area contributed by atoms with Gasteiger partial charge in [-0.1, -0.05) is 25.1 Å². The fourth-order valence-corrected chi connectivity index (χ4v) is 4.96. The third-order valence-corrected chi connectivity index (χ3v) is 6.31. The molecule has 3 rings (SSSR count). The fourth-order valence-electron chi connectivity index (χ4n) is 3.66. The van der Waals surface area contributed by atoms with Crippen LogP contribution in [-0.4, -0.2) is 22.9 Å². The number of hydrogen-bond donors (Lipinski definition) is 3. The van der Waals surface area contributed by atoms with Crippen molar-refractivity contribution in [1.29, 1.82) is 0 Å². The van der Waals surface area contributed by atoms with Gasteiger partial charge in [0.25, 0.3) is 5.91 Å². The Bertz CT molecular complexity index is 935. The highest BCUT2D eigenvalue weighted by Crippen LogP contribution is 2.39. The largest absolute Gasteiger partial charge is 0.481 e. The molecule has 1 aromatic heterocycles. The SMILES string of the molecule is Cc1ccccc1NC(=O)c1c(NC(=O)C[C@@H](C)CC(=O)O)sc2c1CCCC2. The second-order valence-electron chi connectivity index (χ2n) is 7.64. The standard InChI is InChI=1S/C22H26N2O4S/c1-13(12-19(26)27)11-18(25)24-22-20(15-8-4-6-10-17(15)29-22)21(28)23-16-9-5-3-7-14(16)2/h3,5,7,9,13H,4,6,8,10-12H2,1-2H3,(H,23,28)(H,24,25)(H,26,27)/t13-/m1/s1. The van der Waals surface area contributed by atoms with Crippen LogP contribution in [0.1, 0.15) is 59.0 Å². The summed E-state index contributed by atoms with van der Waals surface area (Å²) in [6.07, 6.45) is 3.89. The summed E-state index contributed by atoms with van der Waals surface area (Å²) in [4.78, 5) is 37.6. The van der Waals surface area contributed by atoms with E-state index >= 15 is 0 Å². The minimum absolute atomic E-state index is 0.0605. The van der Waals surface area contributed by atoms with E-state index < -0.39 is 5.97 Å². The number of para-hydroxylation sites is 1. The average molecular weight is 415 g/mol. The van der Waals surface area contributed by atoms with E-state index in [1.165, 1.54) is 11.3 Å². The molecular weight excluding hydrogens is 388 g/mol. The van der Waals surface area contributed by atoms with E-state index in [1.54, 1.807) is 6.92 Å². The molecule has 1 atom stereocenters. The summed E-state index contributed by atoms with van der Waals surface area (Å²) in [5.74, 6) is -1.67. The molecular formula is C22H26N2O4S. The summed E-state index contributed by atoms with van der Waals surface area (Å²) in [6, 6.07) is 7.59. The summed E-state index contributed by atoms with van der Waals surface area (Å²) in [6.45, 7) is 3.67. The molecule has 7 heteroatoms. The predicted octanol–water partition coefficient (Wildman–Crippen LogP) is 4.63. The summed E-state index contributed by atoms with van der Waals surface area (Å²) in [5, 5.41) is 15.3. The van der Waals surface area contributed by atoms with Crippen molar-refractivity contribution in [2.75, 3.05) is 10.6 Å². The third-order valence-electron chi connectivity index (χ3n) is 5.10. The lowest BCUT2D eigenvalue weighted by molar-refractivity contribution is -0.138. The van der Waals surface area contributed by atoms with Gasteiger partial charge in [0.15, 0.2) is 0 Å². The topological polar surface area (TPSA) is 95.5 Å². The zero-order valence-corrected chi connectivity index (χ0v) is 17.5. The number of rotatable bonds is 7. The molecule has 0 saturated carbocycles. The maximum atomic E-state index is 13.1. The normalized spacial score (nSPS) is 14.0. The van der Waals surface area contributed by atoms with Crippen molar-refractivity contribution in [3.8, 4) is 0 Å². The van der Waals surface area contributed by atoms with Gasteiger partial charge in [-0.05, 0) is 55.7 Å². The molecule has 0 spiro atoms. The second-order valence-corrected chi connectivity index (χ2v) is 8.74. The van der Waals surface area contributed by atoms with Gasteiger partial charge in [0.2, 0.25) is 5.91 Å². The Labute approximate surface area is 174 Å². The molecule has 2 amide bonds. The van der Waals surface area contributed by atoms with Gasteiger partial charge in [0.05, 0.1) is 5.56 Å². The highest BCUT2D eigenvalue weighted by atomic mass is 32.1. The van der Waals surface area contributed by atoms with Crippen molar-refractivity contribution in [2.45, 2.75) is 52.4 Å². The summed E-state index contributed by atoms with van der Waals surface area (Å²) in [5.41, 5.74) is 3.30. The third kappa shape index (κ3) is 5.23. The Morgan fingerprint density at radius 3 is 2.55 bits per heavy atom. The van der Waals surface area contributed by atoms with E-state index in [-0.39, 0.29) is 30.6 Å². The molecule has 0 saturated heterocycles. The Morgan fingerprint density at radius 1 is 1.10 bits per heavy atom. The number of fused-ring (bicyclic) bond motifs is 1. The second kappa shape index (κ2) is 9.22. The zero-order valence-electron chi connectivity index (χ0n) is 16.7. The number of carboxylic acids is 1. The maximum absolute atomic E-state index is 13.1. The highest BCUT2D eigenvalue weighted by molar-refractivity contribution is 7.17. The number of amides is 2. The lowest BCUT2D eigenvalue weighted by atomic mass is 9.95. The van der Waals surface area contributed by atoms with Crippen LogP contribution in [-0.2, 0) is 22.4 Å². The van der Waals surface area contributed by atoms with Gasteiger partial charge in [-0.2, -0.15) is 0 Å². The Morgan fingerprint density at radius 2 is 1.83 bits per heavy atom. The Hall–Kier alpha value is -2.67. The van der Waals surface area contributed by atoms with Crippen LogP contribution >= 0.6 is 11.3 Å². The van der Waals surface area contributed by atoms with Crippen LogP contribution in [0, 0.1) is 12.8 Å². The maximum Gasteiger partial charge on any atom is 0.303 e. The quantitative estimate of drug-likeness (QED) is 0.616. The fraction of sp³-hybridized carbons (Fsp3) is 0.409. The van der Waals surface area contributed by atoms with Crippen molar-refractivity contribution < 1.29 is 19.5 Å².